The lowest BCUT2D eigenvalue weighted by molar-refractivity contribution is 0.625. The Kier molecular flexibility index (Phi) is 2.56. The van der Waals surface area contributed by atoms with Gasteiger partial charge in [-0.2, -0.15) is 5.10 Å². The van der Waals surface area contributed by atoms with Gasteiger partial charge in [-0.1, -0.05) is 11.6 Å². The molecule has 4 nitrogen and oxygen atoms in total. The molecule has 0 spiro atoms. The van der Waals surface area contributed by atoms with E-state index in [0.29, 0.717) is 11.1 Å². The third-order valence-electron chi connectivity index (χ3n) is 3.34. The molecule has 2 aromatic heterocycles. The minimum Gasteiger partial charge on any atom is -0.312 e. The monoisotopic (exact) mass is 250 g/mol. The van der Waals surface area contributed by atoms with Crippen LogP contribution in [0.25, 0.3) is 5.65 Å². The number of fused-ring (bicyclic) bond motifs is 1. The van der Waals surface area contributed by atoms with Gasteiger partial charge in [-0.05, 0) is 32.7 Å². The lowest BCUT2D eigenvalue weighted by Crippen LogP contribution is -2.12. The van der Waals surface area contributed by atoms with Crippen LogP contribution in [0, 0.1) is 0 Å². The molecule has 2 aromatic rings. The van der Waals surface area contributed by atoms with Crippen LogP contribution in [0.2, 0.25) is 5.15 Å². The summed E-state index contributed by atoms with van der Waals surface area (Å²) in [5, 5.41) is 8.33. The van der Waals surface area contributed by atoms with Crippen LogP contribution in [-0.2, 0) is 0 Å². The summed E-state index contributed by atoms with van der Waals surface area (Å²) in [7, 11) is 1.92. The van der Waals surface area contributed by atoms with Crippen molar-refractivity contribution in [3.63, 3.8) is 0 Å². The third kappa shape index (κ3) is 1.91. The van der Waals surface area contributed by atoms with Crippen molar-refractivity contribution in [3.05, 3.63) is 28.7 Å². The van der Waals surface area contributed by atoms with Crippen molar-refractivity contribution in [1.29, 1.82) is 0 Å². The Hall–Kier alpha value is -1.13. The summed E-state index contributed by atoms with van der Waals surface area (Å²) in [5.41, 5.74) is 2.94. The topological polar surface area (TPSA) is 42.2 Å². The fourth-order valence-corrected chi connectivity index (χ4v) is 2.25. The van der Waals surface area contributed by atoms with Crippen molar-refractivity contribution in [2.24, 2.45) is 0 Å². The van der Waals surface area contributed by atoms with Gasteiger partial charge in [0.1, 0.15) is 5.15 Å². The van der Waals surface area contributed by atoms with Crippen molar-refractivity contribution in [1.82, 2.24) is 19.9 Å². The van der Waals surface area contributed by atoms with Gasteiger partial charge in [-0.3, -0.25) is 0 Å². The molecular weight excluding hydrogens is 236 g/mol. The first-order chi connectivity index (χ1) is 8.19. The van der Waals surface area contributed by atoms with E-state index >= 15 is 0 Å². The normalized spacial score (nSPS) is 17.6. The Labute approximate surface area is 105 Å². The van der Waals surface area contributed by atoms with E-state index in [1.807, 2.05) is 23.8 Å². The second-order valence-corrected chi connectivity index (χ2v) is 5.00. The number of aromatic nitrogens is 3. The molecule has 0 aromatic carbocycles. The van der Waals surface area contributed by atoms with E-state index in [0.717, 1.165) is 16.9 Å². The van der Waals surface area contributed by atoms with Gasteiger partial charge in [0.15, 0.2) is 5.65 Å². The van der Waals surface area contributed by atoms with Crippen LogP contribution >= 0.6 is 11.6 Å². The van der Waals surface area contributed by atoms with E-state index in [4.69, 9.17) is 11.6 Å². The number of rotatable bonds is 3. The SMILES string of the molecule is CN[C@@H](C)c1cc2nc(Cl)c(C3CC3)cn2n1. The molecule has 90 valence electrons. The van der Waals surface area contributed by atoms with Gasteiger partial charge in [0.25, 0.3) is 0 Å². The van der Waals surface area contributed by atoms with E-state index in [1.165, 1.54) is 12.8 Å². The molecule has 1 saturated carbocycles. The zero-order valence-corrected chi connectivity index (χ0v) is 10.7. The molecular formula is C12H15ClN4. The summed E-state index contributed by atoms with van der Waals surface area (Å²) in [5.74, 6) is 0.591. The van der Waals surface area contributed by atoms with Gasteiger partial charge in [-0.25, -0.2) is 9.50 Å². The van der Waals surface area contributed by atoms with Crippen LogP contribution < -0.4 is 5.32 Å². The molecule has 0 radical (unpaired) electrons. The van der Waals surface area contributed by atoms with Crippen LogP contribution in [0.15, 0.2) is 12.3 Å². The zero-order valence-electron chi connectivity index (χ0n) is 9.94. The molecule has 0 saturated heterocycles. The van der Waals surface area contributed by atoms with Crippen LogP contribution in [0.4, 0.5) is 0 Å². The number of hydrogen-bond acceptors (Lipinski definition) is 3. The van der Waals surface area contributed by atoms with E-state index < -0.39 is 0 Å². The molecule has 5 heteroatoms. The Morgan fingerprint density at radius 1 is 1.53 bits per heavy atom. The lowest BCUT2D eigenvalue weighted by atomic mass is 10.2. The Morgan fingerprint density at radius 3 is 2.94 bits per heavy atom. The third-order valence-corrected chi connectivity index (χ3v) is 3.64. The zero-order chi connectivity index (χ0) is 12.0. The van der Waals surface area contributed by atoms with Crippen molar-refractivity contribution in [2.75, 3.05) is 7.05 Å². The molecule has 0 unspecified atom stereocenters. The largest absolute Gasteiger partial charge is 0.312 e. The van der Waals surface area contributed by atoms with Gasteiger partial charge in [-0.15, -0.1) is 0 Å². The first kappa shape index (κ1) is 11.0. The van der Waals surface area contributed by atoms with Gasteiger partial charge in [0.2, 0.25) is 0 Å². The predicted octanol–water partition coefficient (Wildman–Crippen LogP) is 2.54. The van der Waals surface area contributed by atoms with E-state index in [1.54, 1.807) is 0 Å². The summed E-state index contributed by atoms with van der Waals surface area (Å²) in [6.45, 7) is 2.07. The summed E-state index contributed by atoms with van der Waals surface area (Å²) in [4.78, 5) is 4.41. The van der Waals surface area contributed by atoms with Crippen molar-refractivity contribution in [2.45, 2.75) is 31.7 Å². The molecule has 1 atom stereocenters. The molecule has 1 aliphatic rings. The molecule has 2 heterocycles. The first-order valence-electron chi connectivity index (χ1n) is 5.92. The highest BCUT2D eigenvalue weighted by atomic mass is 35.5. The fourth-order valence-electron chi connectivity index (χ4n) is 1.96. The Balaban J connectivity index is 2.09. The smallest absolute Gasteiger partial charge is 0.157 e. The van der Waals surface area contributed by atoms with Gasteiger partial charge in [0.05, 0.1) is 5.69 Å². The molecule has 0 aliphatic heterocycles. The first-order valence-corrected chi connectivity index (χ1v) is 6.30. The molecule has 0 bridgehead atoms. The van der Waals surface area contributed by atoms with Crippen molar-refractivity contribution >= 4 is 17.2 Å². The minimum absolute atomic E-state index is 0.222. The molecule has 1 N–H and O–H groups in total. The Morgan fingerprint density at radius 2 is 2.29 bits per heavy atom. The van der Waals surface area contributed by atoms with Crippen LogP contribution in [0.1, 0.15) is 43.0 Å². The number of hydrogen-bond donors (Lipinski definition) is 1. The molecule has 17 heavy (non-hydrogen) atoms. The second-order valence-electron chi connectivity index (χ2n) is 4.64. The van der Waals surface area contributed by atoms with Crippen molar-refractivity contribution < 1.29 is 0 Å². The Bertz CT molecular complexity index is 559. The maximum Gasteiger partial charge on any atom is 0.157 e. The van der Waals surface area contributed by atoms with Crippen LogP contribution in [0.3, 0.4) is 0 Å². The van der Waals surface area contributed by atoms with E-state index in [2.05, 4.69) is 22.3 Å². The van der Waals surface area contributed by atoms with Crippen LogP contribution in [0.5, 0.6) is 0 Å². The maximum atomic E-state index is 6.19. The van der Waals surface area contributed by atoms with E-state index in [9.17, 15) is 0 Å². The average Bonchev–Trinajstić information content (AvgIpc) is 3.08. The van der Waals surface area contributed by atoms with Gasteiger partial charge >= 0.3 is 0 Å². The molecule has 1 fully saturated rings. The standard InChI is InChI=1S/C12H15ClN4/c1-7(14-2)10-5-11-15-12(13)9(8-3-4-8)6-17(11)16-10/h5-8,14H,3-4H2,1-2H3/t7-/m0/s1. The van der Waals surface area contributed by atoms with Gasteiger partial charge < -0.3 is 5.32 Å². The number of halogens is 1. The predicted molar refractivity (Wildman–Crippen MR) is 67.4 cm³/mol. The molecule has 0 amide bonds. The highest BCUT2D eigenvalue weighted by molar-refractivity contribution is 6.30. The van der Waals surface area contributed by atoms with Gasteiger partial charge in [0, 0.05) is 23.9 Å². The fraction of sp³-hybridized carbons (Fsp3) is 0.500. The second kappa shape index (κ2) is 3.96. The number of nitrogens with one attached hydrogen (secondary N) is 1. The quantitative estimate of drug-likeness (QED) is 0.852. The molecule has 1 aliphatic carbocycles. The highest BCUT2D eigenvalue weighted by Crippen LogP contribution is 2.42. The summed E-state index contributed by atoms with van der Waals surface area (Å²) in [6.07, 6.45) is 4.45. The lowest BCUT2D eigenvalue weighted by Gasteiger charge is -2.04. The number of nitrogens with zero attached hydrogens (tertiary/aromatic N) is 3. The average molecular weight is 251 g/mol. The minimum atomic E-state index is 0.222. The van der Waals surface area contributed by atoms with Crippen molar-refractivity contribution in [3.8, 4) is 0 Å². The van der Waals surface area contributed by atoms with E-state index in [-0.39, 0.29) is 6.04 Å². The maximum absolute atomic E-state index is 6.19. The highest BCUT2D eigenvalue weighted by Gasteiger charge is 2.27. The summed E-state index contributed by atoms with van der Waals surface area (Å²) in [6, 6.07) is 2.20. The molecule has 3 rings (SSSR count). The summed E-state index contributed by atoms with van der Waals surface area (Å²) >= 11 is 6.19. The summed E-state index contributed by atoms with van der Waals surface area (Å²) < 4.78 is 1.84. The van der Waals surface area contributed by atoms with Crippen LogP contribution in [-0.4, -0.2) is 21.6 Å².